The SMILES string of the molecule is C=CC1CC(C2CC(C)C(C(=C)C)C2)CC1C(=C)C. The first-order valence-corrected chi connectivity index (χ1v) is 7.87. The van der Waals surface area contributed by atoms with Crippen molar-refractivity contribution in [1.82, 2.24) is 0 Å². The largest absolute Gasteiger partial charge is 0.103 e. The van der Waals surface area contributed by atoms with Gasteiger partial charge in [0.15, 0.2) is 0 Å². The molecule has 0 aromatic heterocycles. The molecule has 0 bridgehead atoms. The molecule has 0 heteroatoms. The molecule has 0 nitrogen and oxygen atoms in total. The van der Waals surface area contributed by atoms with Crippen LogP contribution in [0.25, 0.3) is 0 Å². The highest BCUT2D eigenvalue weighted by atomic mass is 14.5. The first kappa shape index (κ1) is 14.6. The highest BCUT2D eigenvalue weighted by Crippen LogP contribution is 2.51. The van der Waals surface area contributed by atoms with Gasteiger partial charge in [-0.3, -0.25) is 0 Å². The molecule has 2 fully saturated rings. The molecule has 0 aromatic rings. The van der Waals surface area contributed by atoms with E-state index < -0.39 is 0 Å². The van der Waals surface area contributed by atoms with Crippen LogP contribution in [0.5, 0.6) is 0 Å². The lowest BCUT2D eigenvalue weighted by Crippen LogP contribution is -2.09. The smallest absolute Gasteiger partial charge is 0.0143 e. The van der Waals surface area contributed by atoms with Crippen LogP contribution in [-0.2, 0) is 0 Å². The molecule has 6 atom stereocenters. The van der Waals surface area contributed by atoms with E-state index in [9.17, 15) is 0 Å². The monoisotopic (exact) mass is 258 g/mol. The summed E-state index contributed by atoms with van der Waals surface area (Å²) in [5.74, 6) is 4.73. The van der Waals surface area contributed by atoms with Crippen molar-refractivity contribution in [1.29, 1.82) is 0 Å². The molecule has 2 saturated carbocycles. The van der Waals surface area contributed by atoms with Gasteiger partial charge in [-0.15, -0.1) is 6.58 Å². The van der Waals surface area contributed by atoms with Crippen molar-refractivity contribution in [2.75, 3.05) is 0 Å². The zero-order valence-corrected chi connectivity index (χ0v) is 13.0. The number of hydrogen-bond acceptors (Lipinski definition) is 0. The predicted octanol–water partition coefficient (Wildman–Crippen LogP) is 5.63. The summed E-state index contributed by atoms with van der Waals surface area (Å²) in [6.07, 6.45) is 7.62. The Bertz CT molecular complexity index is 375. The summed E-state index contributed by atoms with van der Waals surface area (Å²) >= 11 is 0. The Balaban J connectivity index is 2.03. The maximum atomic E-state index is 4.19. The second-order valence-corrected chi connectivity index (χ2v) is 7.25. The van der Waals surface area contributed by atoms with Crippen molar-refractivity contribution in [3.8, 4) is 0 Å². The molecule has 0 saturated heterocycles. The number of allylic oxidation sites excluding steroid dienone is 3. The van der Waals surface area contributed by atoms with E-state index in [0.717, 1.165) is 23.7 Å². The van der Waals surface area contributed by atoms with Gasteiger partial charge < -0.3 is 0 Å². The molecule has 0 N–H and O–H groups in total. The third-order valence-corrected chi connectivity index (χ3v) is 5.80. The average molecular weight is 258 g/mol. The van der Waals surface area contributed by atoms with Crippen LogP contribution in [0.2, 0.25) is 0 Å². The molecule has 0 aromatic carbocycles. The topological polar surface area (TPSA) is 0 Å². The minimum absolute atomic E-state index is 0.668. The second-order valence-electron chi connectivity index (χ2n) is 7.25. The van der Waals surface area contributed by atoms with Crippen molar-refractivity contribution in [2.45, 2.75) is 46.5 Å². The van der Waals surface area contributed by atoms with Gasteiger partial charge in [0.25, 0.3) is 0 Å². The Labute approximate surface area is 119 Å². The Morgan fingerprint density at radius 1 is 0.895 bits per heavy atom. The summed E-state index contributed by atoms with van der Waals surface area (Å²) in [4.78, 5) is 0. The summed E-state index contributed by atoms with van der Waals surface area (Å²) in [7, 11) is 0. The van der Waals surface area contributed by atoms with Gasteiger partial charge in [0, 0.05) is 0 Å². The minimum Gasteiger partial charge on any atom is -0.103 e. The fraction of sp³-hybridized carbons (Fsp3) is 0.684. The van der Waals surface area contributed by atoms with Crippen LogP contribution in [0.3, 0.4) is 0 Å². The quantitative estimate of drug-likeness (QED) is 0.573. The second kappa shape index (κ2) is 5.69. The van der Waals surface area contributed by atoms with E-state index in [4.69, 9.17) is 0 Å². The average Bonchev–Trinajstić information content (AvgIpc) is 2.91. The lowest BCUT2D eigenvalue weighted by molar-refractivity contribution is 0.328. The molecule has 2 aliphatic rings. The van der Waals surface area contributed by atoms with E-state index in [2.05, 4.69) is 46.6 Å². The normalized spacial score (nSPS) is 42.3. The number of rotatable bonds is 4. The molecule has 6 unspecified atom stereocenters. The van der Waals surface area contributed by atoms with E-state index in [0.29, 0.717) is 11.8 Å². The van der Waals surface area contributed by atoms with Crippen molar-refractivity contribution in [2.24, 2.45) is 35.5 Å². The highest BCUT2D eigenvalue weighted by Gasteiger charge is 2.41. The van der Waals surface area contributed by atoms with Gasteiger partial charge >= 0.3 is 0 Å². The van der Waals surface area contributed by atoms with Gasteiger partial charge in [0.2, 0.25) is 0 Å². The van der Waals surface area contributed by atoms with Gasteiger partial charge in [-0.25, -0.2) is 0 Å². The van der Waals surface area contributed by atoms with Crippen LogP contribution >= 0.6 is 0 Å². The minimum atomic E-state index is 0.668. The van der Waals surface area contributed by atoms with E-state index in [1.807, 2.05) is 0 Å². The van der Waals surface area contributed by atoms with E-state index >= 15 is 0 Å². The van der Waals surface area contributed by atoms with Gasteiger partial charge in [-0.2, -0.15) is 0 Å². The maximum absolute atomic E-state index is 4.19. The van der Waals surface area contributed by atoms with Gasteiger partial charge in [0.05, 0.1) is 0 Å². The van der Waals surface area contributed by atoms with Crippen molar-refractivity contribution >= 4 is 0 Å². The third kappa shape index (κ3) is 2.88. The van der Waals surface area contributed by atoms with Gasteiger partial charge in [0.1, 0.15) is 0 Å². The summed E-state index contributed by atoms with van der Waals surface area (Å²) in [5, 5.41) is 0. The molecule has 19 heavy (non-hydrogen) atoms. The zero-order chi connectivity index (χ0) is 14.2. The Morgan fingerprint density at radius 3 is 1.84 bits per heavy atom. The van der Waals surface area contributed by atoms with Crippen LogP contribution < -0.4 is 0 Å². The van der Waals surface area contributed by atoms with Crippen molar-refractivity contribution in [3.63, 3.8) is 0 Å². The van der Waals surface area contributed by atoms with Crippen LogP contribution in [0, 0.1) is 35.5 Å². The zero-order valence-electron chi connectivity index (χ0n) is 13.0. The highest BCUT2D eigenvalue weighted by molar-refractivity contribution is 5.10. The molecule has 0 heterocycles. The molecular weight excluding hydrogens is 228 g/mol. The molecule has 2 aliphatic carbocycles. The molecule has 0 amide bonds. The van der Waals surface area contributed by atoms with Crippen LogP contribution in [0.1, 0.15) is 46.5 Å². The first-order chi connectivity index (χ1) is 8.93. The van der Waals surface area contributed by atoms with Crippen molar-refractivity contribution in [3.05, 3.63) is 37.0 Å². The van der Waals surface area contributed by atoms with Crippen LogP contribution in [0.4, 0.5) is 0 Å². The van der Waals surface area contributed by atoms with E-state index in [1.165, 1.54) is 36.8 Å². The van der Waals surface area contributed by atoms with Crippen LogP contribution in [-0.4, -0.2) is 0 Å². The summed E-state index contributed by atoms with van der Waals surface area (Å²) in [6, 6.07) is 0. The molecule has 0 spiro atoms. The Hall–Kier alpha value is -0.780. The van der Waals surface area contributed by atoms with Gasteiger partial charge in [-0.1, -0.05) is 37.3 Å². The van der Waals surface area contributed by atoms with E-state index in [-0.39, 0.29) is 0 Å². The maximum Gasteiger partial charge on any atom is -0.0143 e. The molecular formula is C19H30. The van der Waals surface area contributed by atoms with Crippen LogP contribution in [0.15, 0.2) is 37.0 Å². The fourth-order valence-electron chi connectivity index (χ4n) is 4.69. The molecule has 106 valence electrons. The molecule has 0 aliphatic heterocycles. The van der Waals surface area contributed by atoms with E-state index in [1.54, 1.807) is 0 Å². The van der Waals surface area contributed by atoms with Crippen molar-refractivity contribution < 1.29 is 0 Å². The predicted molar refractivity (Wildman–Crippen MR) is 84.9 cm³/mol. The third-order valence-electron chi connectivity index (χ3n) is 5.80. The summed E-state index contributed by atoms with van der Waals surface area (Å²) in [5.41, 5.74) is 2.75. The molecule has 0 radical (unpaired) electrons. The summed E-state index contributed by atoms with van der Waals surface area (Å²) in [6.45, 7) is 19.2. The van der Waals surface area contributed by atoms with Gasteiger partial charge in [-0.05, 0) is 75.0 Å². The fourth-order valence-corrected chi connectivity index (χ4v) is 4.69. The summed E-state index contributed by atoms with van der Waals surface area (Å²) < 4.78 is 0. The molecule has 2 rings (SSSR count). The Morgan fingerprint density at radius 2 is 1.42 bits per heavy atom. The first-order valence-electron chi connectivity index (χ1n) is 7.87. The lowest BCUT2D eigenvalue weighted by atomic mass is 9.86. The Kier molecular flexibility index (Phi) is 4.38. The lowest BCUT2D eigenvalue weighted by Gasteiger charge is -2.19. The standard InChI is InChI=1S/C19H30/c1-7-15-9-17(11-19(15)13(4)5)16-8-14(6)18(10-16)12(2)3/h7,14-19H,1-2,4,8-11H2,3,5-6H3. The number of hydrogen-bond donors (Lipinski definition) is 0.